The number of phenolic OH excluding ortho intramolecular Hbond substituents is 1. The second-order valence-corrected chi connectivity index (χ2v) is 5.83. The third-order valence-electron chi connectivity index (χ3n) is 2.83. The fourth-order valence-electron chi connectivity index (χ4n) is 1.99. The Morgan fingerprint density at radius 2 is 1.65 bits per heavy atom. The molecule has 2 aromatic carbocycles. The first-order valence-electron chi connectivity index (χ1n) is 6.07. The SMILES string of the molecule is NC(=O)CS(=O)Cc1ccccc1-c1ccccc1O. The minimum Gasteiger partial charge on any atom is -0.507 e. The van der Waals surface area contributed by atoms with Gasteiger partial charge in [0.25, 0.3) is 0 Å². The third-order valence-corrected chi connectivity index (χ3v) is 4.07. The molecule has 1 unspecified atom stereocenters. The van der Waals surface area contributed by atoms with Gasteiger partial charge in [-0.15, -0.1) is 0 Å². The first kappa shape index (κ1) is 14.3. The third kappa shape index (κ3) is 3.45. The highest BCUT2D eigenvalue weighted by Crippen LogP contribution is 2.31. The molecule has 0 aliphatic heterocycles. The fourth-order valence-corrected chi connectivity index (χ4v) is 3.01. The van der Waals surface area contributed by atoms with Gasteiger partial charge in [-0.05, 0) is 17.2 Å². The van der Waals surface area contributed by atoms with E-state index in [4.69, 9.17) is 5.73 Å². The lowest BCUT2D eigenvalue weighted by Gasteiger charge is -2.10. The highest BCUT2D eigenvalue weighted by Gasteiger charge is 2.12. The van der Waals surface area contributed by atoms with E-state index in [1.807, 2.05) is 30.3 Å². The quantitative estimate of drug-likeness (QED) is 0.880. The number of carbonyl (C=O) groups is 1. The van der Waals surface area contributed by atoms with Gasteiger partial charge in [0.2, 0.25) is 5.91 Å². The summed E-state index contributed by atoms with van der Waals surface area (Å²) in [5.41, 5.74) is 7.35. The van der Waals surface area contributed by atoms with Gasteiger partial charge in [0.05, 0.1) is 0 Å². The molecule has 0 heterocycles. The van der Waals surface area contributed by atoms with Crippen molar-refractivity contribution in [2.45, 2.75) is 5.75 Å². The molecule has 0 radical (unpaired) electrons. The maximum absolute atomic E-state index is 11.8. The van der Waals surface area contributed by atoms with Gasteiger partial charge >= 0.3 is 0 Å². The van der Waals surface area contributed by atoms with Gasteiger partial charge in [0.15, 0.2) is 0 Å². The average molecular weight is 289 g/mol. The van der Waals surface area contributed by atoms with Crippen LogP contribution in [0.4, 0.5) is 0 Å². The second kappa shape index (κ2) is 6.34. The molecule has 0 aromatic heterocycles. The van der Waals surface area contributed by atoms with Crippen LogP contribution in [0.3, 0.4) is 0 Å². The lowest BCUT2D eigenvalue weighted by atomic mass is 10.00. The number of aromatic hydroxyl groups is 1. The Morgan fingerprint density at radius 3 is 2.30 bits per heavy atom. The molecule has 0 aliphatic carbocycles. The molecule has 4 nitrogen and oxygen atoms in total. The second-order valence-electron chi connectivity index (χ2n) is 4.37. The predicted octanol–water partition coefficient (Wildman–Crippen LogP) is 1.79. The van der Waals surface area contributed by atoms with Gasteiger partial charge in [-0.2, -0.15) is 0 Å². The minimum absolute atomic E-state index is 0.158. The van der Waals surface area contributed by atoms with E-state index in [0.29, 0.717) is 5.56 Å². The van der Waals surface area contributed by atoms with Crippen LogP contribution in [0.2, 0.25) is 0 Å². The largest absolute Gasteiger partial charge is 0.507 e. The Labute approximate surface area is 119 Å². The van der Waals surface area contributed by atoms with E-state index in [9.17, 15) is 14.1 Å². The number of carbonyl (C=O) groups excluding carboxylic acids is 1. The topological polar surface area (TPSA) is 80.4 Å². The van der Waals surface area contributed by atoms with Crippen LogP contribution in [0, 0.1) is 0 Å². The first-order chi connectivity index (χ1) is 9.58. The molecule has 5 heteroatoms. The maximum Gasteiger partial charge on any atom is 0.230 e. The number of amides is 1. The Balaban J connectivity index is 2.34. The summed E-state index contributed by atoms with van der Waals surface area (Å²) in [7, 11) is -1.35. The van der Waals surface area contributed by atoms with Crippen molar-refractivity contribution in [3.8, 4) is 16.9 Å². The fraction of sp³-hybridized carbons (Fsp3) is 0.133. The number of hydrogen-bond acceptors (Lipinski definition) is 3. The van der Waals surface area contributed by atoms with E-state index in [2.05, 4.69) is 0 Å². The summed E-state index contributed by atoms with van der Waals surface area (Å²) >= 11 is 0. The zero-order valence-electron chi connectivity index (χ0n) is 10.8. The number of rotatable bonds is 5. The van der Waals surface area contributed by atoms with E-state index in [-0.39, 0.29) is 17.3 Å². The van der Waals surface area contributed by atoms with Gasteiger partial charge < -0.3 is 10.8 Å². The van der Waals surface area contributed by atoms with Crippen LogP contribution in [0.25, 0.3) is 11.1 Å². The standard InChI is InChI=1S/C15H15NO3S/c16-15(18)10-20(19)9-11-5-1-2-6-12(11)13-7-3-4-8-14(13)17/h1-8,17H,9-10H2,(H2,16,18). The summed E-state index contributed by atoms with van der Waals surface area (Å²) < 4.78 is 11.8. The van der Waals surface area contributed by atoms with Crippen LogP contribution in [0.1, 0.15) is 5.56 Å². The molecule has 2 rings (SSSR count). The van der Waals surface area contributed by atoms with E-state index in [0.717, 1.165) is 11.1 Å². The Hall–Kier alpha value is -2.14. The minimum atomic E-state index is -1.35. The molecule has 0 saturated carbocycles. The molecular formula is C15H15NO3S. The molecule has 3 N–H and O–H groups in total. The average Bonchev–Trinajstić information content (AvgIpc) is 2.39. The molecule has 2 aromatic rings. The Bertz CT molecular complexity index is 655. The number of para-hydroxylation sites is 1. The van der Waals surface area contributed by atoms with Gasteiger partial charge in [0.1, 0.15) is 11.5 Å². The predicted molar refractivity (Wildman–Crippen MR) is 79.5 cm³/mol. The number of benzene rings is 2. The van der Waals surface area contributed by atoms with Crippen molar-refractivity contribution in [2.24, 2.45) is 5.73 Å². The summed E-state index contributed by atoms with van der Waals surface area (Å²) in [6.07, 6.45) is 0. The van der Waals surface area contributed by atoms with Gasteiger partial charge in [-0.1, -0.05) is 42.5 Å². The van der Waals surface area contributed by atoms with Crippen LogP contribution in [-0.2, 0) is 21.3 Å². The van der Waals surface area contributed by atoms with Crippen LogP contribution >= 0.6 is 0 Å². The summed E-state index contributed by atoms with van der Waals surface area (Å²) in [6.45, 7) is 0. The Morgan fingerprint density at radius 1 is 1.05 bits per heavy atom. The van der Waals surface area contributed by atoms with Crippen LogP contribution < -0.4 is 5.73 Å². The molecule has 0 fully saturated rings. The van der Waals surface area contributed by atoms with Crippen molar-refractivity contribution in [1.82, 2.24) is 0 Å². The molecule has 0 aliphatic rings. The number of hydrogen-bond donors (Lipinski definition) is 2. The van der Waals surface area contributed by atoms with Crippen molar-refractivity contribution < 1.29 is 14.1 Å². The molecule has 1 atom stereocenters. The highest BCUT2D eigenvalue weighted by molar-refractivity contribution is 7.84. The van der Waals surface area contributed by atoms with Crippen molar-refractivity contribution in [3.63, 3.8) is 0 Å². The molecule has 20 heavy (non-hydrogen) atoms. The lowest BCUT2D eigenvalue weighted by molar-refractivity contribution is -0.115. The summed E-state index contributed by atoms with van der Waals surface area (Å²) in [4.78, 5) is 10.8. The molecular weight excluding hydrogens is 274 g/mol. The lowest BCUT2D eigenvalue weighted by Crippen LogP contribution is -2.20. The Kier molecular flexibility index (Phi) is 4.53. The smallest absolute Gasteiger partial charge is 0.230 e. The van der Waals surface area contributed by atoms with E-state index in [1.165, 1.54) is 0 Å². The van der Waals surface area contributed by atoms with Crippen LogP contribution in [-0.4, -0.2) is 21.0 Å². The van der Waals surface area contributed by atoms with Gasteiger partial charge in [0, 0.05) is 22.1 Å². The van der Waals surface area contributed by atoms with Gasteiger partial charge in [-0.3, -0.25) is 9.00 Å². The normalized spacial score (nSPS) is 12.0. The van der Waals surface area contributed by atoms with Crippen molar-refractivity contribution >= 4 is 16.7 Å². The zero-order chi connectivity index (χ0) is 14.5. The monoisotopic (exact) mass is 289 g/mol. The zero-order valence-corrected chi connectivity index (χ0v) is 11.6. The molecule has 1 amide bonds. The number of primary amides is 1. The summed E-state index contributed by atoms with van der Waals surface area (Å²) in [5.74, 6) is -0.341. The van der Waals surface area contributed by atoms with Crippen molar-refractivity contribution in [1.29, 1.82) is 0 Å². The molecule has 0 spiro atoms. The summed E-state index contributed by atoms with van der Waals surface area (Å²) in [5, 5.41) is 9.92. The van der Waals surface area contributed by atoms with E-state index < -0.39 is 16.7 Å². The molecule has 0 saturated heterocycles. The van der Waals surface area contributed by atoms with Crippen molar-refractivity contribution in [3.05, 3.63) is 54.1 Å². The van der Waals surface area contributed by atoms with Gasteiger partial charge in [-0.25, -0.2) is 0 Å². The highest BCUT2D eigenvalue weighted by atomic mass is 32.2. The van der Waals surface area contributed by atoms with E-state index >= 15 is 0 Å². The van der Waals surface area contributed by atoms with Crippen LogP contribution in [0.5, 0.6) is 5.75 Å². The number of nitrogens with two attached hydrogens (primary N) is 1. The first-order valence-corrected chi connectivity index (χ1v) is 7.56. The molecule has 0 bridgehead atoms. The van der Waals surface area contributed by atoms with Crippen molar-refractivity contribution in [2.75, 3.05) is 5.75 Å². The molecule has 104 valence electrons. The summed E-state index contributed by atoms with van der Waals surface area (Å²) in [6, 6.07) is 14.3. The maximum atomic E-state index is 11.8. The van der Waals surface area contributed by atoms with Crippen LogP contribution in [0.15, 0.2) is 48.5 Å². The van der Waals surface area contributed by atoms with E-state index in [1.54, 1.807) is 18.2 Å². The number of phenols is 1.